The molecule has 0 radical (unpaired) electrons. The van der Waals surface area contributed by atoms with Gasteiger partial charge in [0.05, 0.1) is 11.4 Å². The lowest BCUT2D eigenvalue weighted by molar-refractivity contribution is -0.115. The molecule has 0 saturated carbocycles. The molecule has 3 rings (SSSR count). The maximum absolute atomic E-state index is 12.6. The lowest BCUT2D eigenvalue weighted by Crippen LogP contribution is -2.10. The second-order valence-electron chi connectivity index (χ2n) is 5.74. The summed E-state index contributed by atoms with van der Waals surface area (Å²) in [6.45, 7) is 0. The van der Waals surface area contributed by atoms with Crippen LogP contribution in [0, 0.1) is 0 Å². The number of nitrogens with one attached hydrogen (secondary N) is 1. The number of anilines is 1. The number of carbonyl (C=O) groups is 2. The molecule has 124 valence electrons. The highest BCUT2D eigenvalue weighted by Gasteiger charge is 2.15. The van der Waals surface area contributed by atoms with E-state index in [0.29, 0.717) is 28.9 Å². The first-order valence-electron chi connectivity index (χ1n) is 7.99. The van der Waals surface area contributed by atoms with E-state index < -0.39 is 0 Å². The van der Waals surface area contributed by atoms with Gasteiger partial charge in [-0.05, 0) is 31.0 Å². The predicted molar refractivity (Wildman–Crippen MR) is 94.7 cm³/mol. The van der Waals surface area contributed by atoms with Crippen LogP contribution in [-0.4, -0.2) is 17.6 Å². The Labute approximate surface area is 145 Å². The van der Waals surface area contributed by atoms with Crippen molar-refractivity contribution in [1.29, 1.82) is 0 Å². The number of rotatable bonds is 5. The largest absolute Gasteiger partial charge is 0.357 e. The first-order valence-corrected chi connectivity index (χ1v) is 7.99. The van der Waals surface area contributed by atoms with Gasteiger partial charge >= 0.3 is 0 Å². The minimum absolute atomic E-state index is 0.0608. The van der Waals surface area contributed by atoms with E-state index in [0.717, 1.165) is 18.5 Å². The minimum atomic E-state index is -0.126. The molecule has 25 heavy (non-hydrogen) atoms. The van der Waals surface area contributed by atoms with Gasteiger partial charge in [0.1, 0.15) is 0 Å². The third-order valence-corrected chi connectivity index (χ3v) is 3.96. The molecular formula is C20H16N2O3. The van der Waals surface area contributed by atoms with Crippen LogP contribution in [0.25, 0.3) is 0 Å². The number of allylic oxidation sites excluding steroid dienone is 2. The predicted octanol–water partition coefficient (Wildman–Crippen LogP) is 3.93. The molecule has 0 saturated heterocycles. The number of ketones is 2. The molecule has 0 atom stereocenters. The molecule has 5 heteroatoms. The van der Waals surface area contributed by atoms with E-state index >= 15 is 0 Å². The van der Waals surface area contributed by atoms with Crippen LogP contribution in [-0.2, 0) is 9.59 Å². The number of nitrogens with zero attached hydrogens (tertiary/aromatic N) is 1. The van der Waals surface area contributed by atoms with E-state index in [1.807, 2.05) is 6.07 Å². The average Bonchev–Trinajstić information content (AvgIpc) is 2.63. The van der Waals surface area contributed by atoms with Gasteiger partial charge in [-0.3, -0.25) is 9.59 Å². The lowest BCUT2D eigenvalue weighted by Gasteiger charge is -2.16. The maximum Gasteiger partial charge on any atom is 0.240 e. The smallest absolute Gasteiger partial charge is 0.240 e. The molecule has 0 fully saturated rings. The topological polar surface area (TPSA) is 75.6 Å². The van der Waals surface area contributed by atoms with Gasteiger partial charge in [0, 0.05) is 29.3 Å². The average molecular weight is 332 g/mol. The number of aliphatic imine (C=N–C) groups is 1. The zero-order chi connectivity index (χ0) is 17.6. The molecule has 1 N–H and O–H groups in total. The van der Waals surface area contributed by atoms with Gasteiger partial charge in [-0.25, -0.2) is 4.79 Å². The van der Waals surface area contributed by atoms with E-state index in [1.54, 1.807) is 48.5 Å². The van der Waals surface area contributed by atoms with E-state index in [4.69, 9.17) is 0 Å². The maximum atomic E-state index is 12.6. The Kier molecular flexibility index (Phi) is 4.97. The fourth-order valence-corrected chi connectivity index (χ4v) is 2.74. The monoisotopic (exact) mass is 332 g/mol. The lowest BCUT2D eigenvalue weighted by atomic mass is 10.0. The number of isocyanates is 1. The molecule has 1 aliphatic rings. The van der Waals surface area contributed by atoms with Crippen molar-refractivity contribution in [2.45, 2.75) is 19.3 Å². The summed E-state index contributed by atoms with van der Waals surface area (Å²) in [6.07, 6.45) is 5.11. The van der Waals surface area contributed by atoms with Crippen molar-refractivity contribution in [3.05, 3.63) is 71.4 Å². The van der Waals surface area contributed by atoms with Crippen LogP contribution >= 0.6 is 0 Å². The van der Waals surface area contributed by atoms with Crippen molar-refractivity contribution in [3.8, 4) is 0 Å². The molecule has 5 nitrogen and oxygen atoms in total. The highest BCUT2D eigenvalue weighted by atomic mass is 16.1. The van der Waals surface area contributed by atoms with Gasteiger partial charge in [-0.15, -0.1) is 0 Å². The van der Waals surface area contributed by atoms with Gasteiger partial charge in [-0.1, -0.05) is 30.3 Å². The minimum Gasteiger partial charge on any atom is -0.357 e. The second-order valence-corrected chi connectivity index (χ2v) is 5.74. The van der Waals surface area contributed by atoms with Crippen molar-refractivity contribution in [3.63, 3.8) is 0 Å². The summed E-state index contributed by atoms with van der Waals surface area (Å²) in [7, 11) is 0. The van der Waals surface area contributed by atoms with Crippen LogP contribution in [0.1, 0.15) is 35.2 Å². The van der Waals surface area contributed by atoms with Gasteiger partial charge in [0.2, 0.25) is 6.08 Å². The highest BCUT2D eigenvalue weighted by Crippen LogP contribution is 2.30. The molecule has 0 heterocycles. The molecule has 0 unspecified atom stereocenters. The third-order valence-electron chi connectivity index (χ3n) is 3.96. The Morgan fingerprint density at radius 2 is 1.84 bits per heavy atom. The zero-order valence-electron chi connectivity index (χ0n) is 13.5. The molecular weight excluding hydrogens is 316 g/mol. The Morgan fingerprint density at radius 3 is 2.56 bits per heavy atom. The summed E-state index contributed by atoms with van der Waals surface area (Å²) < 4.78 is 0. The Hall–Kier alpha value is -3.30. The Balaban J connectivity index is 1.96. The second kappa shape index (κ2) is 7.51. The molecule has 1 aliphatic carbocycles. The fourth-order valence-electron chi connectivity index (χ4n) is 2.74. The van der Waals surface area contributed by atoms with Gasteiger partial charge in [0.25, 0.3) is 0 Å². The first kappa shape index (κ1) is 16.6. The fraction of sp³-hybridized carbons (Fsp3) is 0.150. The molecule has 0 aliphatic heterocycles. The van der Waals surface area contributed by atoms with Gasteiger partial charge < -0.3 is 5.32 Å². The van der Waals surface area contributed by atoms with Gasteiger partial charge in [-0.2, -0.15) is 4.99 Å². The van der Waals surface area contributed by atoms with Crippen LogP contribution in [0.3, 0.4) is 0 Å². The van der Waals surface area contributed by atoms with Crippen molar-refractivity contribution >= 4 is 29.0 Å². The normalized spacial score (nSPS) is 13.6. The number of carbonyl (C=O) groups excluding carboxylic acids is 3. The van der Waals surface area contributed by atoms with E-state index in [-0.39, 0.29) is 11.6 Å². The van der Waals surface area contributed by atoms with Crippen LogP contribution in [0.5, 0.6) is 0 Å². The molecule has 2 aromatic carbocycles. The van der Waals surface area contributed by atoms with Crippen LogP contribution < -0.4 is 5.32 Å². The molecule has 2 aromatic rings. The van der Waals surface area contributed by atoms with Crippen LogP contribution in [0.4, 0.5) is 11.4 Å². The first-order chi connectivity index (χ1) is 12.2. The molecule has 0 amide bonds. The van der Waals surface area contributed by atoms with Crippen molar-refractivity contribution < 1.29 is 14.4 Å². The highest BCUT2D eigenvalue weighted by molar-refractivity contribution is 6.09. The number of hydrogen-bond acceptors (Lipinski definition) is 5. The summed E-state index contributed by atoms with van der Waals surface area (Å²) in [5.41, 5.74) is 2.68. The zero-order valence-corrected chi connectivity index (χ0v) is 13.5. The van der Waals surface area contributed by atoms with E-state index in [1.165, 1.54) is 6.08 Å². The molecule has 0 spiro atoms. The summed E-state index contributed by atoms with van der Waals surface area (Å²) in [6, 6.07) is 13.8. The number of benzene rings is 2. The van der Waals surface area contributed by atoms with Crippen LogP contribution in [0.2, 0.25) is 0 Å². The Bertz CT molecular complexity index is 894. The Morgan fingerprint density at radius 1 is 1.04 bits per heavy atom. The third kappa shape index (κ3) is 3.97. The summed E-state index contributed by atoms with van der Waals surface area (Å²) >= 11 is 0. The van der Waals surface area contributed by atoms with Crippen LogP contribution in [0.15, 0.2) is 65.3 Å². The van der Waals surface area contributed by atoms with E-state index in [2.05, 4.69) is 10.3 Å². The van der Waals surface area contributed by atoms with Crippen molar-refractivity contribution in [2.24, 2.45) is 4.99 Å². The van der Waals surface area contributed by atoms with Gasteiger partial charge in [0.15, 0.2) is 11.6 Å². The summed E-state index contributed by atoms with van der Waals surface area (Å²) in [4.78, 5) is 38.5. The molecule has 0 bridgehead atoms. The van der Waals surface area contributed by atoms with E-state index in [9.17, 15) is 14.4 Å². The molecule has 0 aromatic heterocycles. The van der Waals surface area contributed by atoms with Crippen molar-refractivity contribution in [1.82, 2.24) is 0 Å². The summed E-state index contributed by atoms with van der Waals surface area (Å²) in [5.74, 6) is -0.0651. The SMILES string of the molecule is O=C=Nc1ccc(C(=O)c2ccccc2)cc1NC1=CC(=O)CCC1. The van der Waals surface area contributed by atoms with Crippen molar-refractivity contribution in [2.75, 3.05) is 5.32 Å². The quantitative estimate of drug-likeness (QED) is 0.511. The summed E-state index contributed by atoms with van der Waals surface area (Å²) in [5, 5.41) is 3.13. The number of hydrogen-bond donors (Lipinski definition) is 1. The standard InChI is InChI=1S/C20H16N2O3/c23-13-21-18-10-9-15(20(25)14-5-2-1-3-6-14)11-19(18)22-16-7-4-8-17(24)12-16/h1-3,5-6,9-12,22H,4,7-8H2.